The first-order valence-corrected chi connectivity index (χ1v) is 8.16. The molecule has 1 aliphatic carbocycles. The van der Waals surface area contributed by atoms with Crippen molar-refractivity contribution in [3.05, 3.63) is 35.4 Å². The van der Waals surface area contributed by atoms with Crippen LogP contribution in [-0.2, 0) is 11.2 Å². The molecular weight excluding hydrogens is 427 g/mol. The van der Waals surface area contributed by atoms with Crippen molar-refractivity contribution in [1.29, 1.82) is 0 Å². The monoisotopic (exact) mass is 453 g/mol. The lowest BCUT2D eigenvalue weighted by Gasteiger charge is -2.12. The molecule has 0 amide bonds. The van der Waals surface area contributed by atoms with E-state index in [9.17, 15) is 8.78 Å². The van der Waals surface area contributed by atoms with Gasteiger partial charge in [-0.3, -0.25) is 4.99 Å². The van der Waals surface area contributed by atoms with E-state index in [0.29, 0.717) is 12.5 Å². The zero-order valence-electron chi connectivity index (χ0n) is 14.0. The summed E-state index contributed by atoms with van der Waals surface area (Å²) in [7, 11) is 1.67. The van der Waals surface area contributed by atoms with Crippen LogP contribution in [0.4, 0.5) is 8.78 Å². The zero-order chi connectivity index (χ0) is 16.5. The van der Waals surface area contributed by atoms with E-state index in [-0.39, 0.29) is 36.0 Å². The minimum Gasteiger partial charge on any atom is -0.381 e. The van der Waals surface area contributed by atoms with E-state index in [1.807, 2.05) is 0 Å². The Kier molecular flexibility index (Phi) is 10.2. The van der Waals surface area contributed by atoms with Crippen LogP contribution < -0.4 is 10.6 Å². The van der Waals surface area contributed by atoms with Crippen LogP contribution in [0.2, 0.25) is 0 Å². The Labute approximate surface area is 159 Å². The van der Waals surface area contributed by atoms with E-state index in [1.54, 1.807) is 7.05 Å². The van der Waals surface area contributed by atoms with Gasteiger partial charge in [0.25, 0.3) is 0 Å². The molecule has 0 unspecified atom stereocenters. The number of rotatable bonds is 9. The minimum absolute atomic E-state index is 0. The van der Waals surface area contributed by atoms with Crippen LogP contribution in [0.1, 0.15) is 24.8 Å². The molecule has 0 atom stereocenters. The molecule has 0 aromatic heterocycles. The van der Waals surface area contributed by atoms with Crippen molar-refractivity contribution < 1.29 is 13.5 Å². The molecule has 7 heteroatoms. The summed E-state index contributed by atoms with van der Waals surface area (Å²) >= 11 is 0. The second-order valence-corrected chi connectivity index (χ2v) is 5.75. The molecule has 1 aromatic carbocycles. The number of halogens is 3. The summed E-state index contributed by atoms with van der Waals surface area (Å²) in [5.74, 6) is 0.394. The first-order chi connectivity index (χ1) is 11.2. The molecule has 1 aliphatic rings. The minimum atomic E-state index is -0.512. The van der Waals surface area contributed by atoms with Crippen molar-refractivity contribution in [2.45, 2.75) is 25.7 Å². The topological polar surface area (TPSA) is 45.7 Å². The smallest absolute Gasteiger partial charge is 0.190 e. The fraction of sp³-hybridized carbons (Fsp3) is 0.588. The molecule has 2 rings (SSSR count). The Morgan fingerprint density at radius 3 is 2.50 bits per heavy atom. The standard InChI is InChI=1S/C17H25F2N3O.HI/c1-20-17(21-9-3-11-23-12-13-6-7-13)22-10-8-14-15(18)4-2-5-16(14)19;/h2,4-5,13H,3,6-12H2,1H3,(H2,20,21,22);1H. The average molecular weight is 453 g/mol. The summed E-state index contributed by atoms with van der Waals surface area (Å²) in [5.41, 5.74) is 0.101. The summed E-state index contributed by atoms with van der Waals surface area (Å²) < 4.78 is 32.6. The molecule has 24 heavy (non-hydrogen) atoms. The van der Waals surface area contributed by atoms with Crippen LogP contribution in [-0.4, -0.2) is 39.3 Å². The molecule has 1 saturated carbocycles. The van der Waals surface area contributed by atoms with E-state index in [4.69, 9.17) is 4.74 Å². The van der Waals surface area contributed by atoms with E-state index in [1.165, 1.54) is 31.0 Å². The van der Waals surface area contributed by atoms with Gasteiger partial charge in [0.2, 0.25) is 0 Å². The van der Waals surface area contributed by atoms with Gasteiger partial charge < -0.3 is 15.4 Å². The summed E-state index contributed by atoms with van der Waals surface area (Å²) in [6.45, 7) is 2.77. The van der Waals surface area contributed by atoms with Crippen molar-refractivity contribution in [2.75, 3.05) is 33.4 Å². The van der Waals surface area contributed by atoms with Gasteiger partial charge in [-0.1, -0.05) is 6.07 Å². The van der Waals surface area contributed by atoms with E-state index in [2.05, 4.69) is 15.6 Å². The summed E-state index contributed by atoms with van der Waals surface area (Å²) in [6, 6.07) is 3.91. The van der Waals surface area contributed by atoms with Gasteiger partial charge in [0.15, 0.2) is 5.96 Å². The molecular formula is C17H26F2IN3O. The molecule has 0 spiro atoms. The highest BCUT2D eigenvalue weighted by atomic mass is 127. The number of nitrogens with one attached hydrogen (secondary N) is 2. The fourth-order valence-corrected chi connectivity index (χ4v) is 2.21. The number of hydrogen-bond donors (Lipinski definition) is 2. The van der Waals surface area contributed by atoms with Gasteiger partial charge in [-0.05, 0) is 43.7 Å². The van der Waals surface area contributed by atoms with Crippen LogP contribution in [0.5, 0.6) is 0 Å². The maximum Gasteiger partial charge on any atom is 0.190 e. The molecule has 1 fully saturated rings. The van der Waals surface area contributed by atoms with Gasteiger partial charge >= 0.3 is 0 Å². The molecule has 2 N–H and O–H groups in total. The number of benzene rings is 1. The van der Waals surface area contributed by atoms with Crippen molar-refractivity contribution >= 4 is 29.9 Å². The predicted octanol–water partition coefficient (Wildman–Crippen LogP) is 3.11. The number of hydrogen-bond acceptors (Lipinski definition) is 2. The molecule has 1 aromatic rings. The largest absolute Gasteiger partial charge is 0.381 e. The van der Waals surface area contributed by atoms with Gasteiger partial charge in [-0.25, -0.2) is 8.78 Å². The Balaban J connectivity index is 0.00000288. The SMILES string of the molecule is CN=C(NCCCOCC1CC1)NCCc1c(F)cccc1F.I. The Morgan fingerprint density at radius 2 is 1.88 bits per heavy atom. The quantitative estimate of drug-likeness (QED) is 0.262. The second kappa shape index (κ2) is 11.6. The van der Waals surface area contributed by atoms with Gasteiger partial charge in [0.05, 0.1) is 0 Å². The van der Waals surface area contributed by atoms with Crippen LogP contribution in [0, 0.1) is 17.6 Å². The third kappa shape index (κ3) is 7.74. The Hall–Kier alpha value is -0.960. The predicted molar refractivity (Wildman–Crippen MR) is 103 cm³/mol. The van der Waals surface area contributed by atoms with Crippen molar-refractivity contribution in [2.24, 2.45) is 10.9 Å². The maximum absolute atomic E-state index is 13.5. The molecule has 0 heterocycles. The molecule has 0 aliphatic heterocycles. The van der Waals surface area contributed by atoms with Crippen molar-refractivity contribution in [3.63, 3.8) is 0 Å². The first-order valence-electron chi connectivity index (χ1n) is 8.16. The maximum atomic E-state index is 13.5. The zero-order valence-corrected chi connectivity index (χ0v) is 16.3. The Bertz CT molecular complexity index is 504. The Morgan fingerprint density at radius 1 is 1.21 bits per heavy atom. The van der Waals surface area contributed by atoms with E-state index >= 15 is 0 Å². The highest BCUT2D eigenvalue weighted by molar-refractivity contribution is 14.0. The number of nitrogens with zero attached hydrogens (tertiary/aromatic N) is 1. The fourth-order valence-electron chi connectivity index (χ4n) is 2.21. The van der Waals surface area contributed by atoms with Crippen LogP contribution in [0.25, 0.3) is 0 Å². The van der Waals surface area contributed by atoms with Crippen LogP contribution >= 0.6 is 24.0 Å². The second-order valence-electron chi connectivity index (χ2n) is 5.75. The van der Waals surface area contributed by atoms with Crippen molar-refractivity contribution in [3.8, 4) is 0 Å². The van der Waals surface area contributed by atoms with Gasteiger partial charge in [0, 0.05) is 38.9 Å². The van der Waals surface area contributed by atoms with Crippen molar-refractivity contribution in [1.82, 2.24) is 10.6 Å². The van der Waals surface area contributed by atoms with Gasteiger partial charge in [0.1, 0.15) is 11.6 Å². The third-order valence-corrected chi connectivity index (χ3v) is 3.76. The lowest BCUT2D eigenvalue weighted by molar-refractivity contribution is 0.123. The number of guanidine groups is 1. The molecule has 136 valence electrons. The number of aliphatic imine (C=N–C) groups is 1. The first kappa shape index (κ1) is 21.1. The summed E-state index contributed by atoms with van der Waals surface area (Å²) in [4.78, 5) is 4.09. The summed E-state index contributed by atoms with van der Waals surface area (Å²) in [5, 5.41) is 6.22. The molecule has 0 radical (unpaired) electrons. The van der Waals surface area contributed by atoms with E-state index in [0.717, 1.165) is 32.1 Å². The third-order valence-electron chi connectivity index (χ3n) is 3.76. The lowest BCUT2D eigenvalue weighted by atomic mass is 10.1. The van der Waals surface area contributed by atoms with E-state index < -0.39 is 11.6 Å². The molecule has 0 saturated heterocycles. The van der Waals surface area contributed by atoms with Crippen LogP contribution in [0.15, 0.2) is 23.2 Å². The van der Waals surface area contributed by atoms with Crippen LogP contribution in [0.3, 0.4) is 0 Å². The normalized spacial score (nSPS) is 14.2. The van der Waals surface area contributed by atoms with Gasteiger partial charge in [-0.15, -0.1) is 24.0 Å². The highest BCUT2D eigenvalue weighted by Gasteiger charge is 2.20. The average Bonchev–Trinajstić information content (AvgIpc) is 3.35. The molecule has 4 nitrogen and oxygen atoms in total. The lowest BCUT2D eigenvalue weighted by Crippen LogP contribution is -2.39. The highest BCUT2D eigenvalue weighted by Crippen LogP contribution is 2.28. The molecule has 0 bridgehead atoms. The summed E-state index contributed by atoms with van der Waals surface area (Å²) in [6.07, 6.45) is 3.77. The van der Waals surface area contributed by atoms with Gasteiger partial charge in [-0.2, -0.15) is 0 Å². The number of ether oxygens (including phenoxy) is 1.